The molecule has 4 heterocycles. The molecule has 0 unspecified atom stereocenters. The highest BCUT2D eigenvalue weighted by Gasteiger charge is 2.67. The van der Waals surface area contributed by atoms with E-state index >= 15 is 0 Å². The Morgan fingerprint density at radius 3 is 2.64 bits per heavy atom. The van der Waals surface area contributed by atoms with Crippen molar-refractivity contribution in [1.82, 2.24) is 24.6 Å². The molecule has 25 heavy (non-hydrogen) atoms. The summed E-state index contributed by atoms with van der Waals surface area (Å²) in [5.41, 5.74) is 0.793. The number of hydrogen-bond donors (Lipinski definition) is 0. The Bertz CT molecular complexity index is 879. The number of aromatic nitrogens is 4. The Morgan fingerprint density at radius 1 is 1.32 bits per heavy atom. The lowest BCUT2D eigenvalue weighted by Gasteiger charge is -2.45. The predicted molar refractivity (Wildman–Crippen MR) is 96.3 cm³/mol. The number of ether oxygens (including phenoxy) is 1. The largest absolute Gasteiger partial charge is 0.444 e. The summed E-state index contributed by atoms with van der Waals surface area (Å²) in [6.07, 6.45) is 3.02. The number of rotatable bonds is 1. The fraction of sp³-hybridized carbons (Fsp3) is 0.647. The average Bonchev–Trinajstić information content (AvgIpc) is 3.03. The highest BCUT2D eigenvalue weighted by molar-refractivity contribution is 9.10. The van der Waals surface area contributed by atoms with Gasteiger partial charge in [0.1, 0.15) is 16.5 Å². The van der Waals surface area contributed by atoms with E-state index in [1.54, 1.807) is 6.33 Å². The molecule has 8 heteroatoms. The zero-order valence-electron chi connectivity index (χ0n) is 15.1. The van der Waals surface area contributed by atoms with Crippen LogP contribution in [0.1, 0.15) is 46.2 Å². The molecule has 0 spiro atoms. The van der Waals surface area contributed by atoms with E-state index < -0.39 is 5.60 Å². The topological polar surface area (TPSA) is 73.1 Å². The van der Waals surface area contributed by atoms with Gasteiger partial charge in [-0.3, -0.25) is 0 Å². The minimum Gasteiger partial charge on any atom is -0.444 e. The molecule has 0 atom stereocenters. The molecule has 2 bridgehead atoms. The van der Waals surface area contributed by atoms with Crippen molar-refractivity contribution in [3.05, 3.63) is 16.6 Å². The molecule has 2 aromatic rings. The zero-order valence-corrected chi connectivity index (χ0v) is 16.7. The van der Waals surface area contributed by atoms with Gasteiger partial charge in [0.25, 0.3) is 0 Å². The number of carbonyl (C=O) groups is 1. The Hall–Kier alpha value is -1.70. The van der Waals surface area contributed by atoms with E-state index in [0.717, 1.165) is 34.2 Å². The molecule has 2 aliphatic heterocycles. The van der Waals surface area contributed by atoms with E-state index in [2.05, 4.69) is 32.8 Å². The van der Waals surface area contributed by atoms with Crippen LogP contribution in [0.2, 0.25) is 0 Å². The molecule has 1 amide bonds. The quantitative estimate of drug-likeness (QED) is 0.723. The van der Waals surface area contributed by atoms with Gasteiger partial charge in [0.05, 0.1) is 23.2 Å². The lowest BCUT2D eigenvalue weighted by atomic mass is 9.69. The molecule has 3 fully saturated rings. The summed E-state index contributed by atoms with van der Waals surface area (Å²) in [5.74, 6) is 0. The van der Waals surface area contributed by atoms with Crippen LogP contribution in [-0.4, -0.2) is 48.4 Å². The summed E-state index contributed by atoms with van der Waals surface area (Å²) < 4.78 is 8.33. The number of nitrogens with zero attached hydrogens (tertiary/aromatic N) is 5. The minimum atomic E-state index is -0.501. The van der Waals surface area contributed by atoms with Crippen molar-refractivity contribution in [3.8, 4) is 0 Å². The minimum absolute atomic E-state index is 0.185. The number of hydrogen-bond acceptors (Lipinski definition) is 5. The van der Waals surface area contributed by atoms with Gasteiger partial charge in [-0.2, -0.15) is 5.10 Å². The van der Waals surface area contributed by atoms with Gasteiger partial charge in [-0.15, -0.1) is 0 Å². The summed E-state index contributed by atoms with van der Waals surface area (Å²) in [6.45, 7) is 10.3. The molecule has 2 aromatic heterocycles. The molecular weight excluding hydrogens is 386 g/mol. The second-order valence-electron chi connectivity index (χ2n) is 8.50. The highest BCUT2D eigenvalue weighted by Crippen LogP contribution is 2.58. The molecule has 1 saturated carbocycles. The van der Waals surface area contributed by atoms with Gasteiger partial charge in [-0.1, -0.05) is 0 Å². The van der Waals surface area contributed by atoms with Gasteiger partial charge >= 0.3 is 6.09 Å². The highest BCUT2D eigenvalue weighted by atomic mass is 79.9. The van der Waals surface area contributed by atoms with Crippen molar-refractivity contribution in [1.29, 1.82) is 0 Å². The summed E-state index contributed by atoms with van der Waals surface area (Å²) >= 11 is 3.54. The summed E-state index contributed by atoms with van der Waals surface area (Å²) in [5, 5.41) is 5.63. The van der Waals surface area contributed by atoms with Gasteiger partial charge in [-0.05, 0) is 63.4 Å². The number of amides is 1. The average molecular weight is 408 g/mol. The van der Waals surface area contributed by atoms with Crippen LogP contribution in [0.15, 0.2) is 10.9 Å². The van der Waals surface area contributed by atoms with E-state index in [9.17, 15) is 4.79 Å². The van der Waals surface area contributed by atoms with Crippen molar-refractivity contribution in [2.75, 3.05) is 6.54 Å². The molecule has 1 aliphatic carbocycles. The second-order valence-corrected chi connectivity index (χ2v) is 9.25. The molecule has 0 aromatic carbocycles. The lowest BCUT2D eigenvalue weighted by Crippen LogP contribution is -2.52. The van der Waals surface area contributed by atoms with Crippen LogP contribution in [-0.2, 0) is 10.3 Å². The Kier molecular flexibility index (Phi) is 3.30. The monoisotopic (exact) mass is 407 g/mol. The third-order valence-electron chi connectivity index (χ3n) is 5.20. The van der Waals surface area contributed by atoms with Crippen LogP contribution in [0.4, 0.5) is 4.79 Å². The van der Waals surface area contributed by atoms with Crippen molar-refractivity contribution in [3.63, 3.8) is 0 Å². The molecule has 0 N–H and O–H groups in total. The van der Waals surface area contributed by atoms with Crippen molar-refractivity contribution < 1.29 is 9.53 Å². The standard InChI is InChI=1S/C17H22BrN5O2/c1-10-11-12(18)21-23(13(11)20-9-19-10)17-6-16(5,7-17)22(8-17)14(24)25-15(2,3)4/h9H,6-8H2,1-5H3. The fourth-order valence-corrected chi connectivity index (χ4v) is 4.97. The maximum Gasteiger partial charge on any atom is 0.410 e. The van der Waals surface area contributed by atoms with E-state index in [0.29, 0.717) is 6.54 Å². The first-order chi connectivity index (χ1) is 11.5. The first-order valence-electron chi connectivity index (χ1n) is 8.42. The van der Waals surface area contributed by atoms with Crippen LogP contribution in [0.5, 0.6) is 0 Å². The van der Waals surface area contributed by atoms with Gasteiger partial charge < -0.3 is 9.64 Å². The molecular formula is C17H22BrN5O2. The molecule has 0 radical (unpaired) electrons. The summed E-state index contributed by atoms with van der Waals surface area (Å²) in [7, 11) is 0. The van der Waals surface area contributed by atoms with E-state index in [1.807, 2.05) is 37.3 Å². The maximum absolute atomic E-state index is 12.6. The third kappa shape index (κ3) is 2.37. The first kappa shape index (κ1) is 16.8. The van der Waals surface area contributed by atoms with Crippen molar-refractivity contribution in [2.24, 2.45) is 0 Å². The normalized spacial score (nSPS) is 28.3. The number of aryl methyl sites for hydroxylation is 1. The third-order valence-corrected chi connectivity index (χ3v) is 5.75. The van der Waals surface area contributed by atoms with Crippen molar-refractivity contribution in [2.45, 2.75) is 64.1 Å². The number of fused-ring (bicyclic) bond motifs is 2. The van der Waals surface area contributed by atoms with Gasteiger partial charge in [-0.25, -0.2) is 19.4 Å². The molecule has 3 aliphatic rings. The van der Waals surface area contributed by atoms with Gasteiger partial charge in [0, 0.05) is 5.54 Å². The SMILES string of the molecule is Cc1ncnc2c1c(Br)nn2C12CN(C(=O)OC(C)(C)C)C(C)(C1)C2. The number of halogens is 1. The Balaban J connectivity index is 1.71. The van der Waals surface area contributed by atoms with Crippen molar-refractivity contribution >= 4 is 33.1 Å². The van der Waals surface area contributed by atoms with Crippen LogP contribution in [0.25, 0.3) is 11.0 Å². The first-order valence-corrected chi connectivity index (χ1v) is 9.21. The van der Waals surface area contributed by atoms with Gasteiger partial charge in [0.2, 0.25) is 0 Å². The van der Waals surface area contributed by atoms with E-state index in [4.69, 9.17) is 9.84 Å². The van der Waals surface area contributed by atoms with Crippen LogP contribution in [0.3, 0.4) is 0 Å². The lowest BCUT2D eigenvalue weighted by molar-refractivity contribution is 0.00754. The molecule has 2 saturated heterocycles. The maximum atomic E-state index is 12.6. The number of carbonyl (C=O) groups excluding carboxylic acids is 1. The van der Waals surface area contributed by atoms with E-state index in [-0.39, 0.29) is 17.2 Å². The second kappa shape index (κ2) is 4.93. The summed E-state index contributed by atoms with van der Waals surface area (Å²) in [6, 6.07) is 0. The Labute approximate surface area is 154 Å². The Morgan fingerprint density at radius 2 is 2.00 bits per heavy atom. The fourth-order valence-electron chi connectivity index (χ4n) is 4.35. The van der Waals surface area contributed by atoms with E-state index in [1.165, 1.54) is 0 Å². The predicted octanol–water partition coefficient (Wildman–Crippen LogP) is 3.40. The smallest absolute Gasteiger partial charge is 0.410 e. The molecule has 134 valence electrons. The van der Waals surface area contributed by atoms with Crippen LogP contribution < -0.4 is 0 Å². The van der Waals surface area contributed by atoms with Gasteiger partial charge in [0.15, 0.2) is 5.65 Å². The van der Waals surface area contributed by atoms with Crippen LogP contribution in [0, 0.1) is 6.92 Å². The molecule has 5 rings (SSSR count). The summed E-state index contributed by atoms with van der Waals surface area (Å²) in [4.78, 5) is 23.2. The zero-order chi connectivity index (χ0) is 18.2. The van der Waals surface area contributed by atoms with Crippen LogP contribution >= 0.6 is 15.9 Å². The molecule has 7 nitrogen and oxygen atoms in total.